The fourth-order valence-corrected chi connectivity index (χ4v) is 5.29. The highest BCUT2D eigenvalue weighted by molar-refractivity contribution is 7.99. The van der Waals surface area contributed by atoms with E-state index in [2.05, 4.69) is 23.2 Å². The normalized spacial score (nSPS) is 11.8. The number of aryl methyl sites for hydroxylation is 3. The van der Waals surface area contributed by atoms with Crippen LogP contribution in [-0.4, -0.2) is 32.8 Å². The molecule has 198 valence electrons. The van der Waals surface area contributed by atoms with E-state index in [4.69, 9.17) is 21.1 Å². The Bertz CT molecular complexity index is 1440. The average Bonchev–Trinajstić information content (AvgIpc) is 3.25. The summed E-state index contributed by atoms with van der Waals surface area (Å²) >= 11 is 7.57. The van der Waals surface area contributed by atoms with Gasteiger partial charge in [-0.05, 0) is 74.7 Å². The number of rotatable bonds is 11. The van der Waals surface area contributed by atoms with Crippen LogP contribution >= 0.6 is 23.4 Å². The monoisotopic (exact) mass is 552 g/mol. The summed E-state index contributed by atoms with van der Waals surface area (Å²) < 4.78 is 13.8. The molecule has 4 rings (SSSR count). The molecule has 0 spiro atoms. The van der Waals surface area contributed by atoms with Crippen LogP contribution in [0.4, 0.5) is 0 Å². The first-order valence-electron chi connectivity index (χ1n) is 12.2. The van der Waals surface area contributed by atoms with Crippen LogP contribution < -0.4 is 9.47 Å². The first kappa shape index (κ1) is 27.5. The molecule has 0 fully saturated rings. The van der Waals surface area contributed by atoms with Crippen LogP contribution in [-0.2, 0) is 6.61 Å². The van der Waals surface area contributed by atoms with E-state index in [1.807, 2.05) is 67.8 Å². The lowest BCUT2D eigenvalue weighted by molar-refractivity contribution is -0.479. The zero-order valence-electron chi connectivity index (χ0n) is 21.7. The number of hydrogen-bond donors (Lipinski definition) is 0. The Balaban J connectivity index is 1.64. The van der Waals surface area contributed by atoms with Crippen LogP contribution in [0.2, 0.25) is 5.02 Å². The molecule has 0 aliphatic heterocycles. The standard InChI is InChI=1S/C28H29ClN4O4S/c1-5-36-26-15-21(11-13-25(26)37-17-22-8-6-7-9-24(22)29)27(16-32(34)35)38-28-31-30-20(4)33(28)23-12-10-18(2)19(3)14-23/h6-15,27H,5,16-17H2,1-4H3/t27-/m1/s1. The molecule has 8 nitrogen and oxygen atoms in total. The van der Waals surface area contributed by atoms with Crippen molar-refractivity contribution < 1.29 is 14.4 Å². The molecule has 0 amide bonds. The number of ether oxygens (including phenoxy) is 2. The maximum absolute atomic E-state index is 11.7. The summed E-state index contributed by atoms with van der Waals surface area (Å²) in [6.45, 7) is 8.23. The van der Waals surface area contributed by atoms with Crippen LogP contribution in [0, 0.1) is 30.9 Å². The molecule has 38 heavy (non-hydrogen) atoms. The van der Waals surface area contributed by atoms with Crippen LogP contribution in [0.15, 0.2) is 65.8 Å². The van der Waals surface area contributed by atoms with Gasteiger partial charge in [0.25, 0.3) is 0 Å². The van der Waals surface area contributed by atoms with Crippen LogP contribution in [0.3, 0.4) is 0 Å². The number of thioether (sulfide) groups is 1. The summed E-state index contributed by atoms with van der Waals surface area (Å²) in [6.07, 6.45) is 0. The number of halogens is 1. The van der Waals surface area contributed by atoms with Crippen molar-refractivity contribution >= 4 is 23.4 Å². The molecule has 0 saturated heterocycles. The van der Waals surface area contributed by atoms with Crippen molar-refractivity contribution in [3.05, 3.63) is 104 Å². The van der Waals surface area contributed by atoms with Crippen LogP contribution in [0.25, 0.3) is 5.69 Å². The molecule has 1 aromatic heterocycles. The van der Waals surface area contributed by atoms with E-state index >= 15 is 0 Å². The highest BCUT2D eigenvalue weighted by Crippen LogP contribution is 2.40. The largest absolute Gasteiger partial charge is 0.490 e. The molecule has 0 aliphatic rings. The number of nitro groups is 1. The molecule has 0 N–H and O–H groups in total. The third-order valence-electron chi connectivity index (χ3n) is 6.09. The van der Waals surface area contributed by atoms with E-state index in [-0.39, 0.29) is 18.1 Å². The molecule has 3 aromatic carbocycles. The van der Waals surface area contributed by atoms with Gasteiger partial charge in [0, 0.05) is 21.2 Å². The highest BCUT2D eigenvalue weighted by Gasteiger charge is 2.25. The second-order valence-corrected chi connectivity index (χ2v) is 10.4. The van der Waals surface area contributed by atoms with Gasteiger partial charge in [0.1, 0.15) is 17.7 Å². The van der Waals surface area contributed by atoms with Crippen molar-refractivity contribution in [2.24, 2.45) is 0 Å². The highest BCUT2D eigenvalue weighted by atomic mass is 35.5. The molecule has 0 unspecified atom stereocenters. The third kappa shape index (κ3) is 6.46. The molecule has 0 aliphatic carbocycles. The van der Waals surface area contributed by atoms with E-state index in [0.29, 0.717) is 34.1 Å². The Hall–Kier alpha value is -3.56. The Kier molecular flexibility index (Phi) is 8.91. The molecule has 0 bridgehead atoms. The summed E-state index contributed by atoms with van der Waals surface area (Å²) in [6, 6.07) is 19.0. The average molecular weight is 553 g/mol. The maximum atomic E-state index is 11.7. The number of aromatic nitrogens is 3. The van der Waals surface area contributed by atoms with Crippen molar-refractivity contribution in [3.8, 4) is 17.2 Å². The third-order valence-corrected chi connectivity index (χ3v) is 7.64. The van der Waals surface area contributed by atoms with E-state index in [1.54, 1.807) is 12.1 Å². The zero-order chi connectivity index (χ0) is 27.2. The minimum Gasteiger partial charge on any atom is -0.490 e. The van der Waals surface area contributed by atoms with Gasteiger partial charge < -0.3 is 9.47 Å². The zero-order valence-corrected chi connectivity index (χ0v) is 23.3. The van der Waals surface area contributed by atoms with Gasteiger partial charge in [-0.3, -0.25) is 14.7 Å². The van der Waals surface area contributed by atoms with Crippen molar-refractivity contribution in [2.75, 3.05) is 13.2 Å². The topological polar surface area (TPSA) is 92.3 Å². The van der Waals surface area contributed by atoms with Gasteiger partial charge in [0.2, 0.25) is 6.54 Å². The fraction of sp³-hybridized carbons (Fsp3) is 0.286. The summed E-state index contributed by atoms with van der Waals surface area (Å²) in [5.74, 6) is 1.75. The minimum absolute atomic E-state index is 0.268. The van der Waals surface area contributed by atoms with Gasteiger partial charge in [-0.1, -0.05) is 53.7 Å². The maximum Gasteiger partial charge on any atom is 0.220 e. The lowest BCUT2D eigenvalue weighted by Gasteiger charge is -2.18. The molecule has 10 heteroatoms. The van der Waals surface area contributed by atoms with E-state index in [1.165, 1.54) is 17.3 Å². The van der Waals surface area contributed by atoms with E-state index < -0.39 is 5.25 Å². The predicted molar refractivity (Wildman–Crippen MR) is 149 cm³/mol. The van der Waals surface area contributed by atoms with Crippen molar-refractivity contribution in [1.29, 1.82) is 0 Å². The first-order valence-corrected chi connectivity index (χ1v) is 13.4. The smallest absolute Gasteiger partial charge is 0.220 e. The SMILES string of the molecule is CCOc1cc([C@@H](C[N+](=O)[O-])Sc2nnc(C)n2-c2ccc(C)c(C)c2)ccc1OCc1ccccc1Cl. The van der Waals surface area contributed by atoms with E-state index in [9.17, 15) is 10.1 Å². The Labute approximate surface area is 231 Å². The Morgan fingerprint density at radius 2 is 1.79 bits per heavy atom. The lowest BCUT2D eigenvalue weighted by Crippen LogP contribution is -2.12. The number of nitrogens with zero attached hydrogens (tertiary/aromatic N) is 4. The number of hydrogen-bond acceptors (Lipinski definition) is 7. The Morgan fingerprint density at radius 3 is 2.50 bits per heavy atom. The van der Waals surface area contributed by atoms with Gasteiger partial charge in [0.05, 0.1) is 6.61 Å². The van der Waals surface area contributed by atoms with Crippen molar-refractivity contribution in [2.45, 2.75) is 44.7 Å². The molecule has 0 saturated carbocycles. The fourth-order valence-electron chi connectivity index (χ4n) is 3.94. The molecule has 4 aromatic rings. The van der Waals surface area contributed by atoms with Crippen molar-refractivity contribution in [3.63, 3.8) is 0 Å². The Morgan fingerprint density at radius 1 is 1.00 bits per heavy atom. The second-order valence-electron chi connectivity index (χ2n) is 8.77. The van der Waals surface area contributed by atoms with Gasteiger partial charge in [-0.25, -0.2) is 0 Å². The minimum atomic E-state index is -0.532. The summed E-state index contributed by atoms with van der Waals surface area (Å²) in [5, 5.41) is 20.9. The van der Waals surface area contributed by atoms with Gasteiger partial charge in [0.15, 0.2) is 16.7 Å². The lowest BCUT2D eigenvalue weighted by atomic mass is 10.1. The van der Waals surface area contributed by atoms with Gasteiger partial charge in [-0.15, -0.1) is 10.2 Å². The molecule has 1 atom stereocenters. The molecule has 1 heterocycles. The summed E-state index contributed by atoms with van der Waals surface area (Å²) in [4.78, 5) is 11.3. The quantitative estimate of drug-likeness (QED) is 0.113. The molecule has 0 radical (unpaired) electrons. The first-order chi connectivity index (χ1) is 18.3. The summed E-state index contributed by atoms with van der Waals surface area (Å²) in [5.41, 5.74) is 4.81. The molecular weight excluding hydrogens is 524 g/mol. The van der Waals surface area contributed by atoms with E-state index in [0.717, 1.165) is 22.4 Å². The summed E-state index contributed by atoms with van der Waals surface area (Å²) in [7, 11) is 0. The van der Waals surface area contributed by atoms with Gasteiger partial charge >= 0.3 is 0 Å². The number of benzene rings is 3. The van der Waals surface area contributed by atoms with Crippen LogP contribution in [0.1, 0.15) is 40.3 Å². The molecular formula is C28H29ClN4O4S. The van der Waals surface area contributed by atoms with Gasteiger partial charge in [-0.2, -0.15) is 0 Å². The predicted octanol–water partition coefficient (Wildman–Crippen LogP) is 6.93. The second kappa shape index (κ2) is 12.3. The van der Waals surface area contributed by atoms with Crippen LogP contribution in [0.5, 0.6) is 11.5 Å². The van der Waals surface area contributed by atoms with Crippen molar-refractivity contribution in [1.82, 2.24) is 14.8 Å².